The Bertz CT molecular complexity index is 1110. The fourth-order valence-electron chi connectivity index (χ4n) is 2.29. The number of aromatic hydroxyl groups is 3. The van der Waals surface area contributed by atoms with E-state index >= 15 is 0 Å². The highest BCUT2D eigenvalue weighted by molar-refractivity contribution is 7.85. The van der Waals surface area contributed by atoms with Gasteiger partial charge in [-0.15, -0.1) is 10.2 Å². The van der Waals surface area contributed by atoms with Crippen LogP contribution in [0, 0.1) is 0 Å². The maximum Gasteiger partial charge on any atom is 0.294 e. The number of hydrogen-bond donors (Lipinski definition) is 4. The summed E-state index contributed by atoms with van der Waals surface area (Å²) in [7, 11) is -4.51. The average molecular weight is 360 g/mol. The number of fused-ring (bicyclic) bond motifs is 1. The summed E-state index contributed by atoms with van der Waals surface area (Å²) in [4.78, 5) is -0.494. The second-order valence-electron chi connectivity index (χ2n) is 5.14. The zero-order valence-electron chi connectivity index (χ0n) is 12.5. The molecule has 0 aliphatic rings. The van der Waals surface area contributed by atoms with Gasteiger partial charge in [0.25, 0.3) is 10.1 Å². The third kappa shape index (κ3) is 3.23. The fourth-order valence-corrected chi connectivity index (χ4v) is 2.83. The van der Waals surface area contributed by atoms with E-state index in [0.29, 0.717) is 0 Å². The van der Waals surface area contributed by atoms with Crippen LogP contribution in [-0.2, 0) is 10.1 Å². The molecular formula is C16H12N2O6S. The van der Waals surface area contributed by atoms with Gasteiger partial charge in [0.05, 0.1) is 10.3 Å². The first-order chi connectivity index (χ1) is 11.8. The van der Waals surface area contributed by atoms with Crippen LogP contribution in [0.5, 0.6) is 17.2 Å². The molecule has 0 heterocycles. The van der Waals surface area contributed by atoms with E-state index in [1.54, 1.807) is 12.1 Å². The smallest absolute Gasteiger partial charge is 0.294 e. The summed E-state index contributed by atoms with van der Waals surface area (Å²) < 4.78 is 31.6. The normalized spacial score (nSPS) is 12.0. The largest absolute Gasteiger partial charge is 0.507 e. The second-order valence-corrected chi connectivity index (χ2v) is 6.56. The van der Waals surface area contributed by atoms with Gasteiger partial charge in [-0.2, -0.15) is 8.42 Å². The molecule has 3 aromatic rings. The standard InChI is InChI=1S/C16H12N2O6S/c19-12-4-2-1-3-11(12)17-18-16-13(20)6-5-9-7-10(25(22,23)24)8-14(21)15(9)16/h1-8,19-21H,(H,22,23,24). The molecule has 0 saturated heterocycles. The molecule has 0 spiro atoms. The number of benzene rings is 3. The van der Waals surface area contributed by atoms with E-state index in [1.807, 2.05) is 0 Å². The van der Waals surface area contributed by atoms with Crippen LogP contribution in [0.3, 0.4) is 0 Å². The molecule has 0 aromatic heterocycles. The average Bonchev–Trinajstić information content (AvgIpc) is 2.54. The summed E-state index contributed by atoms with van der Waals surface area (Å²) in [5, 5.41) is 37.8. The number of phenolic OH excluding ortho intramolecular Hbond substituents is 3. The molecule has 9 heteroatoms. The van der Waals surface area contributed by atoms with Gasteiger partial charge in [-0.3, -0.25) is 4.55 Å². The lowest BCUT2D eigenvalue weighted by Crippen LogP contribution is -1.97. The molecule has 0 atom stereocenters. The maximum absolute atomic E-state index is 11.3. The predicted octanol–water partition coefficient (Wildman–Crippen LogP) is 3.62. The van der Waals surface area contributed by atoms with Gasteiger partial charge in [0.1, 0.15) is 28.6 Å². The van der Waals surface area contributed by atoms with Crippen LogP contribution < -0.4 is 0 Å². The Balaban J connectivity index is 2.22. The summed E-state index contributed by atoms with van der Waals surface area (Å²) in [6.45, 7) is 0. The van der Waals surface area contributed by atoms with Crippen molar-refractivity contribution in [1.29, 1.82) is 0 Å². The Hall–Kier alpha value is -3.17. The van der Waals surface area contributed by atoms with Crippen molar-refractivity contribution in [3.8, 4) is 17.2 Å². The van der Waals surface area contributed by atoms with Crippen LogP contribution in [0.4, 0.5) is 11.4 Å². The topological polar surface area (TPSA) is 140 Å². The predicted molar refractivity (Wildman–Crippen MR) is 89.4 cm³/mol. The molecule has 0 bridgehead atoms. The minimum absolute atomic E-state index is 0.0478. The van der Waals surface area contributed by atoms with E-state index in [4.69, 9.17) is 4.55 Å². The van der Waals surface area contributed by atoms with E-state index in [-0.39, 0.29) is 33.6 Å². The lowest BCUT2D eigenvalue weighted by molar-refractivity contribution is 0.468. The van der Waals surface area contributed by atoms with Crippen molar-refractivity contribution in [2.24, 2.45) is 10.2 Å². The van der Waals surface area contributed by atoms with Crippen LogP contribution in [0.15, 0.2) is 63.7 Å². The third-order valence-corrected chi connectivity index (χ3v) is 4.29. The molecule has 3 aromatic carbocycles. The molecule has 8 nitrogen and oxygen atoms in total. The van der Waals surface area contributed by atoms with Crippen molar-refractivity contribution in [1.82, 2.24) is 0 Å². The fraction of sp³-hybridized carbons (Fsp3) is 0. The Kier molecular flexibility index (Phi) is 4.03. The van der Waals surface area contributed by atoms with E-state index in [0.717, 1.165) is 12.1 Å². The molecule has 0 fully saturated rings. The highest BCUT2D eigenvalue weighted by atomic mass is 32.2. The monoisotopic (exact) mass is 360 g/mol. The van der Waals surface area contributed by atoms with Gasteiger partial charge < -0.3 is 15.3 Å². The van der Waals surface area contributed by atoms with Gasteiger partial charge in [0, 0.05) is 6.07 Å². The summed E-state index contributed by atoms with van der Waals surface area (Å²) >= 11 is 0. The van der Waals surface area contributed by atoms with Crippen molar-refractivity contribution in [3.05, 3.63) is 48.5 Å². The first-order valence-corrected chi connectivity index (χ1v) is 8.37. The Morgan fingerprint density at radius 2 is 1.52 bits per heavy atom. The quantitative estimate of drug-likeness (QED) is 0.415. The second kappa shape index (κ2) is 6.04. The van der Waals surface area contributed by atoms with E-state index < -0.39 is 20.8 Å². The van der Waals surface area contributed by atoms with Crippen LogP contribution in [0.2, 0.25) is 0 Å². The zero-order chi connectivity index (χ0) is 18.2. The van der Waals surface area contributed by atoms with E-state index in [2.05, 4.69) is 10.2 Å². The van der Waals surface area contributed by atoms with Gasteiger partial charge in [0.15, 0.2) is 0 Å². The number of nitrogens with zero attached hydrogens (tertiary/aromatic N) is 2. The first-order valence-electron chi connectivity index (χ1n) is 6.93. The minimum atomic E-state index is -4.51. The summed E-state index contributed by atoms with van der Waals surface area (Å²) in [5.41, 5.74) is 0.0353. The molecule has 3 rings (SSSR count). The number of azo groups is 1. The van der Waals surface area contributed by atoms with Gasteiger partial charge in [-0.05, 0) is 29.7 Å². The molecule has 0 saturated carbocycles. The molecule has 0 unspecified atom stereocenters. The third-order valence-electron chi connectivity index (χ3n) is 3.46. The lowest BCUT2D eigenvalue weighted by atomic mass is 10.1. The van der Waals surface area contributed by atoms with Gasteiger partial charge in [0.2, 0.25) is 0 Å². The molecule has 4 N–H and O–H groups in total. The van der Waals surface area contributed by atoms with Crippen molar-refractivity contribution in [2.75, 3.05) is 0 Å². The number of phenols is 3. The number of para-hydroxylation sites is 1. The SMILES string of the molecule is O=S(=O)(O)c1cc(O)c2c(N=Nc3ccccc3O)c(O)ccc2c1. The van der Waals surface area contributed by atoms with Gasteiger partial charge >= 0.3 is 0 Å². The van der Waals surface area contributed by atoms with Gasteiger partial charge in [-0.25, -0.2) is 0 Å². The number of rotatable bonds is 3. The molecule has 128 valence electrons. The Morgan fingerprint density at radius 3 is 2.20 bits per heavy atom. The first kappa shape index (κ1) is 16.7. The van der Waals surface area contributed by atoms with Crippen molar-refractivity contribution in [3.63, 3.8) is 0 Å². The Morgan fingerprint density at radius 1 is 0.800 bits per heavy atom. The van der Waals surface area contributed by atoms with Gasteiger partial charge in [-0.1, -0.05) is 18.2 Å². The summed E-state index contributed by atoms with van der Waals surface area (Å²) in [6.07, 6.45) is 0. The molecule has 0 amide bonds. The highest BCUT2D eigenvalue weighted by Crippen LogP contribution is 2.42. The molecule has 0 aliphatic carbocycles. The van der Waals surface area contributed by atoms with Crippen molar-refractivity contribution in [2.45, 2.75) is 4.90 Å². The van der Waals surface area contributed by atoms with E-state index in [9.17, 15) is 23.7 Å². The molecule has 25 heavy (non-hydrogen) atoms. The van der Waals surface area contributed by atoms with Crippen LogP contribution in [-0.4, -0.2) is 28.3 Å². The zero-order valence-corrected chi connectivity index (χ0v) is 13.3. The minimum Gasteiger partial charge on any atom is -0.507 e. The lowest BCUT2D eigenvalue weighted by Gasteiger charge is -2.08. The molecular weight excluding hydrogens is 348 g/mol. The van der Waals surface area contributed by atoms with Crippen LogP contribution >= 0.6 is 0 Å². The van der Waals surface area contributed by atoms with E-state index in [1.165, 1.54) is 24.3 Å². The maximum atomic E-state index is 11.3. The summed E-state index contributed by atoms with van der Waals surface area (Å²) in [5.74, 6) is -0.933. The molecule has 0 aliphatic heterocycles. The van der Waals surface area contributed by atoms with Crippen molar-refractivity contribution < 1.29 is 28.3 Å². The van der Waals surface area contributed by atoms with Crippen LogP contribution in [0.25, 0.3) is 10.8 Å². The highest BCUT2D eigenvalue weighted by Gasteiger charge is 2.17. The van der Waals surface area contributed by atoms with Crippen LogP contribution in [0.1, 0.15) is 0 Å². The Labute approximate surface area is 142 Å². The van der Waals surface area contributed by atoms with Crippen molar-refractivity contribution >= 4 is 32.3 Å². The summed E-state index contributed by atoms with van der Waals surface area (Å²) in [6, 6.07) is 10.7. The molecule has 0 radical (unpaired) electrons. The number of hydrogen-bond acceptors (Lipinski definition) is 7.